The Balaban J connectivity index is 1.71. The first-order valence-corrected chi connectivity index (χ1v) is 14.9. The highest BCUT2D eigenvalue weighted by atomic mass is 32.7. The summed E-state index contributed by atoms with van der Waals surface area (Å²) in [6, 6.07) is 24.8. The van der Waals surface area contributed by atoms with Gasteiger partial charge in [-0.25, -0.2) is 4.57 Å². The molecule has 0 saturated carbocycles. The second-order valence-electron chi connectivity index (χ2n) is 8.79. The van der Waals surface area contributed by atoms with E-state index in [1.165, 1.54) is 0 Å². The van der Waals surface area contributed by atoms with E-state index in [4.69, 9.17) is 13.8 Å². The lowest BCUT2D eigenvalue weighted by Gasteiger charge is -2.20. The highest BCUT2D eigenvalue weighted by Gasteiger charge is 2.29. The van der Waals surface area contributed by atoms with Crippen molar-refractivity contribution in [1.29, 1.82) is 0 Å². The Kier molecular flexibility index (Phi) is 10.2. The van der Waals surface area contributed by atoms with Crippen molar-refractivity contribution < 1.29 is 23.1 Å². The van der Waals surface area contributed by atoms with Crippen LogP contribution in [0.2, 0.25) is 0 Å². The van der Waals surface area contributed by atoms with Crippen LogP contribution < -0.4 is 4.74 Å². The number of esters is 1. The predicted octanol–water partition coefficient (Wildman–Crippen LogP) is 8.11. The van der Waals surface area contributed by atoms with Gasteiger partial charge >= 0.3 is 12.8 Å². The van der Waals surface area contributed by atoms with Crippen molar-refractivity contribution in [2.24, 2.45) is 0 Å². The molecule has 0 N–H and O–H groups in total. The molecule has 0 radical (unpaired) electrons. The van der Waals surface area contributed by atoms with Gasteiger partial charge in [0.05, 0.1) is 13.2 Å². The molecule has 0 aliphatic rings. The molecule has 0 amide bonds. The van der Waals surface area contributed by atoms with Crippen molar-refractivity contribution in [2.75, 3.05) is 5.75 Å². The molecule has 0 heterocycles. The highest BCUT2D eigenvalue weighted by molar-refractivity contribution is 8.55. The largest absolute Gasteiger partial charge is 0.425 e. The van der Waals surface area contributed by atoms with Gasteiger partial charge in [0.1, 0.15) is 11.5 Å². The predicted molar refractivity (Wildman–Crippen MR) is 143 cm³/mol. The number of para-hydroxylation sites is 1. The van der Waals surface area contributed by atoms with Crippen LogP contribution in [0.5, 0.6) is 5.75 Å². The summed E-state index contributed by atoms with van der Waals surface area (Å²) < 4.78 is 30.9. The lowest BCUT2D eigenvalue weighted by atomic mass is 9.94. The number of carbonyl (C=O) groups excluding carboxylic acids is 1. The number of hydrogen-bond acceptors (Lipinski definition) is 6. The average molecular weight is 513 g/mol. The molecule has 7 heteroatoms. The lowest BCUT2D eigenvalue weighted by Crippen LogP contribution is -2.14. The molecule has 0 aromatic heterocycles. The van der Waals surface area contributed by atoms with E-state index in [0.717, 1.165) is 33.6 Å². The smallest absolute Gasteiger partial charge is 0.390 e. The van der Waals surface area contributed by atoms with Gasteiger partial charge in [0.2, 0.25) is 0 Å². The minimum absolute atomic E-state index is 0.114. The molecule has 5 nitrogen and oxygen atoms in total. The van der Waals surface area contributed by atoms with E-state index in [9.17, 15) is 9.36 Å². The standard InChI is InChI=1S/C28H33O5PS/c1-21(2)25-16-11-17-26(22(3)4)28(25)33-27(29)20-35-34(30,31-18-23-12-7-5-8-13-23)32-19-24-14-9-6-10-15-24/h5-17,21-22H,18-20H2,1-4H3. The van der Waals surface area contributed by atoms with E-state index in [-0.39, 0.29) is 30.8 Å². The molecule has 0 saturated heterocycles. The normalized spacial score (nSPS) is 11.7. The van der Waals surface area contributed by atoms with E-state index in [1.54, 1.807) is 0 Å². The molecule has 0 aliphatic heterocycles. The summed E-state index contributed by atoms with van der Waals surface area (Å²) in [6.45, 7) is 4.83. The van der Waals surface area contributed by atoms with Crippen LogP contribution in [0.4, 0.5) is 0 Å². The van der Waals surface area contributed by atoms with Crippen LogP contribution in [0.1, 0.15) is 61.8 Å². The van der Waals surface area contributed by atoms with Crippen molar-refractivity contribution in [3.05, 3.63) is 101 Å². The number of ether oxygens (including phenoxy) is 1. The average Bonchev–Trinajstić information content (AvgIpc) is 2.86. The molecule has 3 aromatic rings. The molecule has 3 rings (SSSR count). The van der Waals surface area contributed by atoms with Crippen LogP contribution >= 0.6 is 18.2 Å². The van der Waals surface area contributed by atoms with E-state index in [1.807, 2.05) is 78.9 Å². The van der Waals surface area contributed by atoms with E-state index >= 15 is 0 Å². The summed E-state index contributed by atoms with van der Waals surface area (Å²) in [5.41, 5.74) is 3.68. The van der Waals surface area contributed by atoms with Gasteiger partial charge in [-0.3, -0.25) is 13.8 Å². The Bertz CT molecular complexity index is 1060. The Morgan fingerprint density at radius 1 is 0.743 bits per heavy atom. The quantitative estimate of drug-likeness (QED) is 0.139. The zero-order valence-corrected chi connectivity index (χ0v) is 22.4. The van der Waals surface area contributed by atoms with E-state index in [2.05, 4.69) is 27.7 Å². The maximum absolute atomic E-state index is 13.6. The van der Waals surface area contributed by atoms with Crippen LogP contribution in [0, 0.1) is 0 Å². The van der Waals surface area contributed by atoms with Gasteiger partial charge in [0, 0.05) is 0 Å². The molecule has 0 spiro atoms. The van der Waals surface area contributed by atoms with Gasteiger partial charge in [-0.15, -0.1) is 0 Å². The van der Waals surface area contributed by atoms with Crippen molar-refractivity contribution in [3.63, 3.8) is 0 Å². The van der Waals surface area contributed by atoms with Crippen molar-refractivity contribution in [1.82, 2.24) is 0 Å². The van der Waals surface area contributed by atoms with Crippen molar-refractivity contribution in [3.8, 4) is 5.75 Å². The fourth-order valence-electron chi connectivity index (χ4n) is 3.44. The summed E-state index contributed by atoms with van der Waals surface area (Å²) >= 11 is 0.855. The first kappa shape index (κ1) is 27.2. The summed E-state index contributed by atoms with van der Waals surface area (Å²) in [4.78, 5) is 12.9. The molecule has 35 heavy (non-hydrogen) atoms. The van der Waals surface area contributed by atoms with Crippen LogP contribution in [0.15, 0.2) is 78.9 Å². The second-order valence-corrected chi connectivity index (χ2v) is 12.9. The Hall–Kier alpha value is -2.37. The van der Waals surface area contributed by atoms with Crippen LogP contribution in [-0.4, -0.2) is 11.7 Å². The third-order valence-corrected chi connectivity index (χ3v) is 8.88. The fourth-order valence-corrected chi connectivity index (χ4v) is 6.16. The number of benzene rings is 3. The maximum atomic E-state index is 13.6. The fraction of sp³-hybridized carbons (Fsp3) is 0.321. The molecular weight excluding hydrogens is 479 g/mol. The van der Waals surface area contributed by atoms with Crippen molar-refractivity contribution >= 4 is 24.1 Å². The topological polar surface area (TPSA) is 61.8 Å². The molecular formula is C28H33O5PS. The van der Waals surface area contributed by atoms with Gasteiger partial charge in [0.15, 0.2) is 0 Å². The van der Waals surface area contributed by atoms with Crippen LogP contribution in [0.3, 0.4) is 0 Å². The van der Waals surface area contributed by atoms with Crippen LogP contribution in [0.25, 0.3) is 0 Å². The van der Waals surface area contributed by atoms with Gasteiger partial charge in [-0.1, -0.05) is 107 Å². The number of rotatable bonds is 12. The van der Waals surface area contributed by atoms with Crippen molar-refractivity contribution in [2.45, 2.75) is 52.7 Å². The second kappa shape index (κ2) is 13.1. The molecule has 186 valence electrons. The Morgan fingerprint density at radius 2 is 1.20 bits per heavy atom. The summed E-state index contributed by atoms with van der Waals surface area (Å²) in [7, 11) is 0. The SMILES string of the molecule is CC(C)c1cccc(C(C)C)c1OC(=O)CSP(=O)(OCc1ccccc1)OCc1ccccc1. The third-order valence-electron chi connectivity index (χ3n) is 5.34. The molecule has 0 atom stereocenters. The first-order valence-electron chi connectivity index (χ1n) is 11.7. The van der Waals surface area contributed by atoms with E-state index < -0.39 is 12.8 Å². The minimum atomic E-state index is -3.65. The molecule has 0 fully saturated rings. The van der Waals surface area contributed by atoms with Gasteiger partial charge in [-0.05, 0) is 45.5 Å². The summed E-state index contributed by atoms with van der Waals surface area (Å²) in [5.74, 6) is 0.327. The Labute approximate surface area is 212 Å². The lowest BCUT2D eigenvalue weighted by molar-refractivity contribution is -0.131. The number of hydrogen-bond donors (Lipinski definition) is 0. The zero-order valence-electron chi connectivity index (χ0n) is 20.7. The third kappa shape index (κ3) is 8.36. The van der Waals surface area contributed by atoms with Gasteiger partial charge in [-0.2, -0.15) is 0 Å². The minimum Gasteiger partial charge on any atom is -0.425 e. The number of carbonyl (C=O) groups is 1. The summed E-state index contributed by atoms with van der Waals surface area (Å²) in [6.07, 6.45) is 0. The Morgan fingerprint density at radius 3 is 1.63 bits per heavy atom. The molecule has 3 aromatic carbocycles. The molecule has 0 bridgehead atoms. The molecule has 0 unspecified atom stereocenters. The monoisotopic (exact) mass is 512 g/mol. The summed E-state index contributed by atoms with van der Waals surface area (Å²) in [5, 5.41) is 0. The van der Waals surface area contributed by atoms with Gasteiger partial charge < -0.3 is 4.74 Å². The highest BCUT2D eigenvalue weighted by Crippen LogP contribution is 2.61. The van der Waals surface area contributed by atoms with Crippen LogP contribution in [-0.2, 0) is 31.6 Å². The zero-order chi connectivity index (χ0) is 25.3. The molecule has 0 aliphatic carbocycles. The van der Waals surface area contributed by atoms with E-state index in [0.29, 0.717) is 5.75 Å². The first-order chi connectivity index (χ1) is 16.8. The van der Waals surface area contributed by atoms with Gasteiger partial charge in [0.25, 0.3) is 0 Å². The maximum Gasteiger partial charge on any atom is 0.390 e.